The van der Waals surface area contributed by atoms with Gasteiger partial charge in [0.15, 0.2) is 17.5 Å². The Morgan fingerprint density at radius 2 is 0.643 bits per heavy atom. The predicted octanol–water partition coefficient (Wildman–Crippen LogP) is 18.8. The molecule has 0 spiro atoms. The quantitative estimate of drug-likeness (QED) is 0.152. The number of nitrogens with zero attached hydrogens (tertiary/aromatic N) is 8. The molecule has 0 amide bonds. The molecule has 0 radical (unpaired) electrons. The van der Waals surface area contributed by atoms with E-state index in [0.717, 1.165) is 122 Å². The van der Waals surface area contributed by atoms with Gasteiger partial charge in [-0.05, 0) is 97.1 Å². The predicted molar refractivity (Wildman–Crippen MR) is 344 cm³/mol. The summed E-state index contributed by atoms with van der Waals surface area (Å²) in [6, 6.07) is 101. The van der Waals surface area contributed by atoms with Crippen molar-refractivity contribution < 1.29 is 0 Å². The molecule has 5 aromatic heterocycles. The molecule has 0 saturated carbocycles. The van der Waals surface area contributed by atoms with E-state index in [0.29, 0.717) is 23.0 Å². The molecule has 8 nitrogen and oxygen atoms in total. The number of hydrogen-bond donors (Lipinski definition) is 0. The minimum absolute atomic E-state index is 0.510. The van der Waals surface area contributed by atoms with Crippen molar-refractivity contribution in [3.8, 4) is 74.1 Å². The van der Waals surface area contributed by atoms with Crippen LogP contribution in [-0.2, 0) is 0 Å². The molecule has 0 aliphatic rings. The third-order valence-corrected chi connectivity index (χ3v) is 16.8. The molecule has 8 heteroatoms. The van der Waals surface area contributed by atoms with Gasteiger partial charge in [-0.2, -0.15) is 5.26 Å². The van der Waals surface area contributed by atoms with E-state index in [2.05, 4.69) is 237 Å². The van der Waals surface area contributed by atoms with E-state index in [1.54, 1.807) is 0 Å². The number of aromatic nitrogens is 7. The molecule has 12 aromatic carbocycles. The van der Waals surface area contributed by atoms with Crippen molar-refractivity contribution in [2.24, 2.45) is 0 Å². The molecule has 0 saturated heterocycles. The maximum absolute atomic E-state index is 11.0. The van der Waals surface area contributed by atoms with Crippen LogP contribution in [-0.4, -0.2) is 33.2 Å². The minimum atomic E-state index is 0.510. The van der Waals surface area contributed by atoms with E-state index in [1.165, 1.54) is 16.2 Å². The first-order chi connectivity index (χ1) is 41.6. The van der Waals surface area contributed by atoms with Crippen LogP contribution < -0.4 is 0 Å². The van der Waals surface area contributed by atoms with Crippen LogP contribution in [0.3, 0.4) is 0 Å². The van der Waals surface area contributed by atoms with Crippen molar-refractivity contribution >= 4 is 87.2 Å². The molecular formula is C76H46N8. The minimum Gasteiger partial charge on any atom is -0.309 e. The van der Waals surface area contributed by atoms with Crippen molar-refractivity contribution in [2.45, 2.75) is 0 Å². The highest BCUT2D eigenvalue weighted by atomic mass is 15.1. The molecule has 0 aliphatic heterocycles. The number of rotatable bonds is 8. The molecule has 84 heavy (non-hydrogen) atoms. The van der Waals surface area contributed by atoms with Crippen LogP contribution in [0.1, 0.15) is 5.56 Å². The molecule has 0 N–H and O–H groups in total. The van der Waals surface area contributed by atoms with Crippen LogP contribution in [0.15, 0.2) is 279 Å². The summed E-state index contributed by atoms with van der Waals surface area (Å²) in [6.07, 6.45) is 0. The summed E-state index contributed by atoms with van der Waals surface area (Å²) in [6.45, 7) is 0. The van der Waals surface area contributed by atoms with Gasteiger partial charge >= 0.3 is 0 Å². The molecule has 0 atom stereocenters. The van der Waals surface area contributed by atoms with Crippen molar-refractivity contribution in [3.05, 3.63) is 285 Å². The molecule has 17 rings (SSSR count). The molecule has 0 bridgehead atoms. The fourth-order valence-electron chi connectivity index (χ4n) is 13.2. The summed E-state index contributed by atoms with van der Waals surface area (Å²) in [5, 5.41) is 20.2. The number of hydrogen-bond acceptors (Lipinski definition) is 4. The van der Waals surface area contributed by atoms with Gasteiger partial charge in [-0.3, -0.25) is 0 Å². The second-order valence-corrected chi connectivity index (χ2v) is 21.4. The topological polar surface area (TPSA) is 82.2 Å². The number of fused-ring (bicyclic) bond motifs is 12. The van der Waals surface area contributed by atoms with E-state index in [4.69, 9.17) is 15.0 Å². The Bertz CT molecular complexity index is 5490. The zero-order valence-corrected chi connectivity index (χ0v) is 45.1. The fraction of sp³-hybridized carbons (Fsp3) is 0. The zero-order chi connectivity index (χ0) is 55.4. The Hall–Kier alpha value is -11.7. The maximum atomic E-state index is 11.0. The first kappa shape index (κ1) is 47.2. The van der Waals surface area contributed by atoms with Crippen LogP contribution in [0, 0.1) is 11.3 Å². The third kappa shape index (κ3) is 7.16. The number of nitriles is 1. The number of benzene rings is 12. The summed E-state index contributed by atoms with van der Waals surface area (Å²) in [7, 11) is 0. The third-order valence-electron chi connectivity index (χ3n) is 16.8. The van der Waals surface area contributed by atoms with E-state index < -0.39 is 0 Å². The molecule has 0 fully saturated rings. The van der Waals surface area contributed by atoms with Gasteiger partial charge in [0, 0.05) is 82.3 Å². The van der Waals surface area contributed by atoms with Crippen LogP contribution in [0.4, 0.5) is 0 Å². The normalized spacial score (nSPS) is 11.8. The van der Waals surface area contributed by atoms with Gasteiger partial charge in [-0.25, -0.2) is 15.0 Å². The molecule has 0 aliphatic carbocycles. The van der Waals surface area contributed by atoms with Crippen LogP contribution >= 0.6 is 0 Å². The lowest BCUT2D eigenvalue weighted by atomic mass is 9.95. The van der Waals surface area contributed by atoms with Crippen molar-refractivity contribution in [2.75, 3.05) is 0 Å². The lowest BCUT2D eigenvalue weighted by Crippen LogP contribution is -2.06. The molecular weight excluding hydrogens is 1020 g/mol. The van der Waals surface area contributed by atoms with E-state index in [-0.39, 0.29) is 0 Å². The second kappa shape index (κ2) is 18.7. The van der Waals surface area contributed by atoms with E-state index in [9.17, 15) is 5.26 Å². The Morgan fingerprint density at radius 3 is 1.12 bits per heavy atom. The van der Waals surface area contributed by atoms with Gasteiger partial charge in [-0.15, -0.1) is 0 Å². The Labute approximate surface area is 481 Å². The molecule has 0 unspecified atom stereocenters. The molecule has 390 valence electrons. The first-order valence-corrected chi connectivity index (χ1v) is 28.2. The van der Waals surface area contributed by atoms with Gasteiger partial charge in [0.1, 0.15) is 0 Å². The molecule has 5 heterocycles. The van der Waals surface area contributed by atoms with Crippen molar-refractivity contribution in [3.63, 3.8) is 0 Å². The SMILES string of the molecule is N#Cc1ccc(-n2c3ccccc3c3cc4c5ccccc5n(-c5ccccc5)c4cc32)c(-c2cccc(-c3nc(-c4ccccc4)nc(-c4ccccc4)n3)c2-n2c3ccccc3c3cc4c5ccccc5n(-c5ccccc5)c4cc32)c1. The Kier molecular flexibility index (Phi) is 10.5. The summed E-state index contributed by atoms with van der Waals surface area (Å²) in [4.78, 5) is 16.1. The van der Waals surface area contributed by atoms with Crippen molar-refractivity contribution in [1.82, 2.24) is 33.2 Å². The average molecular weight is 1070 g/mol. The van der Waals surface area contributed by atoms with Gasteiger partial charge in [0.25, 0.3) is 0 Å². The highest BCUT2D eigenvalue weighted by Crippen LogP contribution is 2.47. The van der Waals surface area contributed by atoms with Gasteiger partial charge in [0.2, 0.25) is 0 Å². The zero-order valence-electron chi connectivity index (χ0n) is 45.1. The van der Waals surface area contributed by atoms with E-state index in [1.807, 2.05) is 66.7 Å². The highest BCUT2D eigenvalue weighted by molar-refractivity contribution is 6.21. The largest absolute Gasteiger partial charge is 0.309 e. The lowest BCUT2D eigenvalue weighted by molar-refractivity contribution is 1.06. The Morgan fingerprint density at radius 1 is 0.262 bits per heavy atom. The van der Waals surface area contributed by atoms with Crippen LogP contribution in [0.5, 0.6) is 0 Å². The molecule has 17 aromatic rings. The summed E-state index contributed by atoms with van der Waals surface area (Å²) >= 11 is 0. The van der Waals surface area contributed by atoms with Crippen LogP contribution in [0.2, 0.25) is 0 Å². The second-order valence-electron chi connectivity index (χ2n) is 21.4. The first-order valence-electron chi connectivity index (χ1n) is 28.2. The van der Waals surface area contributed by atoms with Gasteiger partial charge < -0.3 is 18.3 Å². The average Bonchev–Trinajstić information content (AvgIpc) is 2.77. The summed E-state index contributed by atoms with van der Waals surface area (Å²) in [5.74, 6) is 1.63. The van der Waals surface area contributed by atoms with E-state index >= 15 is 0 Å². The summed E-state index contributed by atoms with van der Waals surface area (Å²) in [5.41, 5.74) is 17.3. The van der Waals surface area contributed by atoms with Crippen LogP contribution in [0.25, 0.3) is 155 Å². The van der Waals surface area contributed by atoms with Crippen molar-refractivity contribution in [1.29, 1.82) is 5.26 Å². The standard InChI is InChI=1S/C76H46N8/c77-47-48-40-41-68(83-66-38-19-15-32-55(66)62-43-60-53-30-13-17-36-64(53)81(69(60)45-71(62)83)51-26-9-3-10-27-51)59(42-48)57-34-21-35-58(76-79-74(49-22-5-1-6-23-49)78-75(80-76)50-24-7-2-8-25-50)73(57)84-67-39-20-16-33-56(67)63-44-61-54-31-14-18-37-65(54)82(70(61)46-72(63)84)52-28-11-4-12-29-52/h1-46H. The maximum Gasteiger partial charge on any atom is 0.166 e. The lowest BCUT2D eigenvalue weighted by Gasteiger charge is -2.21. The monoisotopic (exact) mass is 1070 g/mol. The highest BCUT2D eigenvalue weighted by Gasteiger charge is 2.27. The summed E-state index contributed by atoms with van der Waals surface area (Å²) < 4.78 is 9.59. The Balaban J connectivity index is 1.02. The number of para-hydroxylation sites is 7. The van der Waals surface area contributed by atoms with Gasteiger partial charge in [0.05, 0.1) is 67.1 Å². The smallest absolute Gasteiger partial charge is 0.166 e. The van der Waals surface area contributed by atoms with Gasteiger partial charge in [-0.1, -0.05) is 182 Å². The fourth-order valence-corrected chi connectivity index (χ4v) is 13.2.